The van der Waals surface area contributed by atoms with E-state index in [0.29, 0.717) is 0 Å². The summed E-state index contributed by atoms with van der Waals surface area (Å²) in [6.07, 6.45) is 1.88. The average Bonchev–Trinajstić information content (AvgIpc) is 2.24. The number of rotatable bonds is 9. The Morgan fingerprint density at radius 1 is 0.867 bits per heavy atom. The second-order valence-corrected chi connectivity index (χ2v) is 3.48. The van der Waals surface area contributed by atoms with E-state index in [0.717, 1.165) is 25.9 Å². The van der Waals surface area contributed by atoms with Crippen molar-refractivity contribution in [2.75, 3.05) is 26.3 Å². The van der Waals surface area contributed by atoms with Crippen molar-refractivity contribution in [1.29, 1.82) is 0 Å². The van der Waals surface area contributed by atoms with Gasteiger partial charge in [-0.3, -0.25) is 0 Å². The Kier molecular flexibility index (Phi) is 14.3. The molecule has 0 fully saturated rings. The molecule has 0 bridgehead atoms. The van der Waals surface area contributed by atoms with Crippen molar-refractivity contribution in [3.8, 4) is 0 Å². The van der Waals surface area contributed by atoms with Crippen LogP contribution in [0.2, 0.25) is 0 Å². The molecule has 0 aromatic carbocycles. The van der Waals surface area contributed by atoms with E-state index in [4.69, 9.17) is 10.2 Å². The number of aliphatic hydroxyl groups is 2. The van der Waals surface area contributed by atoms with Gasteiger partial charge in [-0.1, -0.05) is 13.8 Å². The molecule has 15 heavy (non-hydrogen) atoms. The molecule has 0 rings (SSSR count). The summed E-state index contributed by atoms with van der Waals surface area (Å²) >= 11 is 0. The Morgan fingerprint density at radius 3 is 1.40 bits per heavy atom. The van der Waals surface area contributed by atoms with Gasteiger partial charge in [-0.05, 0) is 12.8 Å². The SMILES string of the molecule is CC[C@H](CO)NCCN[C@H](CC)CO.Cl. The molecule has 0 saturated carbocycles. The maximum atomic E-state index is 8.90. The number of hydrogen-bond acceptors (Lipinski definition) is 4. The van der Waals surface area contributed by atoms with Crippen molar-refractivity contribution in [3.05, 3.63) is 0 Å². The van der Waals surface area contributed by atoms with Crippen molar-refractivity contribution in [1.82, 2.24) is 10.6 Å². The summed E-state index contributed by atoms with van der Waals surface area (Å²) in [5.74, 6) is 0. The summed E-state index contributed by atoms with van der Waals surface area (Å²) in [6, 6.07) is 0.400. The van der Waals surface area contributed by atoms with Gasteiger partial charge in [0.2, 0.25) is 0 Å². The van der Waals surface area contributed by atoms with Crippen LogP contribution in [0.15, 0.2) is 0 Å². The second-order valence-electron chi connectivity index (χ2n) is 3.48. The first-order valence-corrected chi connectivity index (χ1v) is 5.46. The number of aliphatic hydroxyl groups excluding tert-OH is 2. The van der Waals surface area contributed by atoms with Gasteiger partial charge in [-0.25, -0.2) is 0 Å². The van der Waals surface area contributed by atoms with E-state index in [9.17, 15) is 0 Å². The van der Waals surface area contributed by atoms with Gasteiger partial charge in [0.05, 0.1) is 13.2 Å². The third-order valence-electron chi connectivity index (χ3n) is 2.42. The van der Waals surface area contributed by atoms with Crippen LogP contribution in [0.4, 0.5) is 0 Å². The summed E-state index contributed by atoms with van der Waals surface area (Å²) in [5.41, 5.74) is 0. The van der Waals surface area contributed by atoms with E-state index in [1.165, 1.54) is 0 Å². The zero-order chi connectivity index (χ0) is 10.8. The molecular weight excluding hydrogens is 216 g/mol. The van der Waals surface area contributed by atoms with E-state index in [1.54, 1.807) is 0 Å². The number of nitrogens with one attached hydrogen (secondary N) is 2. The zero-order valence-corrected chi connectivity index (χ0v) is 10.5. The lowest BCUT2D eigenvalue weighted by molar-refractivity contribution is 0.229. The summed E-state index contributed by atoms with van der Waals surface area (Å²) < 4.78 is 0. The summed E-state index contributed by atoms with van der Waals surface area (Å²) in [6.45, 7) is 6.13. The van der Waals surface area contributed by atoms with E-state index >= 15 is 0 Å². The molecule has 0 aliphatic carbocycles. The third kappa shape index (κ3) is 9.08. The predicted octanol–water partition coefficient (Wildman–Crippen LogP) is 0.129. The average molecular weight is 241 g/mol. The molecule has 0 radical (unpaired) electrons. The highest BCUT2D eigenvalue weighted by Crippen LogP contribution is 1.89. The minimum Gasteiger partial charge on any atom is -0.395 e. The van der Waals surface area contributed by atoms with Gasteiger partial charge < -0.3 is 20.8 Å². The first-order valence-electron chi connectivity index (χ1n) is 5.46. The van der Waals surface area contributed by atoms with E-state index in [2.05, 4.69) is 10.6 Å². The van der Waals surface area contributed by atoms with Gasteiger partial charge in [0.25, 0.3) is 0 Å². The Bertz CT molecular complexity index is 106. The van der Waals surface area contributed by atoms with Crippen LogP contribution in [0.25, 0.3) is 0 Å². The first-order chi connectivity index (χ1) is 6.78. The molecule has 5 heteroatoms. The van der Waals surface area contributed by atoms with Crippen LogP contribution in [0, 0.1) is 0 Å². The van der Waals surface area contributed by atoms with Gasteiger partial charge in [-0.2, -0.15) is 0 Å². The number of hydrogen-bond donors (Lipinski definition) is 4. The highest BCUT2D eigenvalue weighted by molar-refractivity contribution is 5.85. The van der Waals surface area contributed by atoms with Crippen molar-refractivity contribution in [3.63, 3.8) is 0 Å². The molecule has 0 unspecified atom stereocenters. The molecule has 0 spiro atoms. The van der Waals surface area contributed by atoms with Gasteiger partial charge in [0, 0.05) is 25.2 Å². The third-order valence-corrected chi connectivity index (χ3v) is 2.42. The standard InChI is InChI=1S/C10H24N2O2.ClH/c1-3-9(7-13)11-5-6-12-10(4-2)8-14;/h9-14H,3-8H2,1-2H3;1H/t9-,10-;/m1./s1. The molecule has 0 amide bonds. The van der Waals surface area contributed by atoms with Crippen LogP contribution < -0.4 is 10.6 Å². The summed E-state index contributed by atoms with van der Waals surface area (Å²) in [5, 5.41) is 24.3. The molecule has 4 N–H and O–H groups in total. The predicted molar refractivity (Wildman–Crippen MR) is 65.6 cm³/mol. The topological polar surface area (TPSA) is 64.5 Å². The maximum absolute atomic E-state index is 8.90. The molecule has 0 aliphatic heterocycles. The Balaban J connectivity index is 0. The Labute approximate surface area is 98.9 Å². The van der Waals surface area contributed by atoms with Gasteiger partial charge in [-0.15, -0.1) is 12.4 Å². The van der Waals surface area contributed by atoms with Crippen molar-refractivity contribution >= 4 is 12.4 Å². The fraction of sp³-hybridized carbons (Fsp3) is 1.00. The Morgan fingerprint density at radius 2 is 1.20 bits per heavy atom. The monoisotopic (exact) mass is 240 g/mol. The summed E-state index contributed by atoms with van der Waals surface area (Å²) in [4.78, 5) is 0. The van der Waals surface area contributed by atoms with Crippen molar-refractivity contribution < 1.29 is 10.2 Å². The smallest absolute Gasteiger partial charge is 0.0584 e. The van der Waals surface area contributed by atoms with Gasteiger partial charge >= 0.3 is 0 Å². The van der Waals surface area contributed by atoms with E-state index in [1.807, 2.05) is 13.8 Å². The van der Waals surface area contributed by atoms with Crippen molar-refractivity contribution in [2.45, 2.75) is 38.8 Å². The lowest BCUT2D eigenvalue weighted by atomic mass is 10.2. The van der Waals surface area contributed by atoms with Crippen LogP contribution in [0.5, 0.6) is 0 Å². The van der Waals surface area contributed by atoms with Gasteiger partial charge in [0.1, 0.15) is 0 Å². The van der Waals surface area contributed by atoms with Gasteiger partial charge in [0.15, 0.2) is 0 Å². The molecule has 0 aromatic heterocycles. The molecule has 94 valence electrons. The number of halogens is 1. The van der Waals surface area contributed by atoms with Crippen LogP contribution >= 0.6 is 12.4 Å². The molecule has 4 nitrogen and oxygen atoms in total. The molecule has 2 atom stereocenters. The molecular formula is C10H25ClN2O2. The zero-order valence-electron chi connectivity index (χ0n) is 9.70. The molecule has 0 heterocycles. The molecule has 0 aliphatic rings. The first kappa shape index (κ1) is 17.5. The van der Waals surface area contributed by atoms with Crippen LogP contribution in [0.1, 0.15) is 26.7 Å². The van der Waals surface area contributed by atoms with Crippen LogP contribution in [-0.4, -0.2) is 48.6 Å². The fourth-order valence-corrected chi connectivity index (χ4v) is 1.23. The maximum Gasteiger partial charge on any atom is 0.0584 e. The molecule has 0 aromatic rings. The lowest BCUT2D eigenvalue weighted by Crippen LogP contribution is -2.40. The second kappa shape index (κ2) is 12.2. The largest absolute Gasteiger partial charge is 0.395 e. The van der Waals surface area contributed by atoms with Crippen LogP contribution in [0.3, 0.4) is 0 Å². The van der Waals surface area contributed by atoms with Crippen molar-refractivity contribution in [2.24, 2.45) is 0 Å². The summed E-state index contributed by atoms with van der Waals surface area (Å²) in [7, 11) is 0. The molecule has 0 saturated heterocycles. The van der Waals surface area contributed by atoms with Crippen LogP contribution in [-0.2, 0) is 0 Å². The minimum absolute atomic E-state index is 0. The van der Waals surface area contributed by atoms with E-state index in [-0.39, 0.29) is 37.7 Å². The highest BCUT2D eigenvalue weighted by Gasteiger charge is 2.04. The van der Waals surface area contributed by atoms with E-state index < -0.39 is 0 Å². The quantitative estimate of drug-likeness (QED) is 0.433. The lowest BCUT2D eigenvalue weighted by Gasteiger charge is -2.17. The normalized spacial score (nSPS) is 14.4. The Hall–Kier alpha value is 0.130. The fourth-order valence-electron chi connectivity index (χ4n) is 1.23. The minimum atomic E-state index is 0. The highest BCUT2D eigenvalue weighted by atomic mass is 35.5.